The van der Waals surface area contributed by atoms with Crippen LogP contribution in [0.4, 0.5) is 14.5 Å². The maximum atomic E-state index is 13.5. The number of rotatable bonds is 5. The van der Waals surface area contributed by atoms with Crippen LogP contribution in [0.15, 0.2) is 16.6 Å². The Kier molecular flexibility index (Phi) is 5.53. The fourth-order valence-corrected chi connectivity index (χ4v) is 1.83. The highest BCUT2D eigenvalue weighted by Crippen LogP contribution is 2.23. The molecule has 1 amide bonds. The number of amides is 1. The molecule has 0 unspecified atom stereocenters. The number of carbonyl (C=O) groups excluding carboxylic acids is 1. The van der Waals surface area contributed by atoms with E-state index in [-0.39, 0.29) is 22.6 Å². The molecule has 1 rings (SSSR count). The highest BCUT2D eigenvalue weighted by atomic mass is 79.9. The second-order valence-electron chi connectivity index (χ2n) is 3.67. The summed E-state index contributed by atoms with van der Waals surface area (Å²) in [6.45, 7) is 4.85. The van der Waals surface area contributed by atoms with Gasteiger partial charge in [0.15, 0.2) is 0 Å². The van der Waals surface area contributed by atoms with Crippen molar-refractivity contribution in [1.82, 2.24) is 4.90 Å². The monoisotopic (exact) mass is 320 g/mol. The minimum atomic E-state index is -0.601. The van der Waals surface area contributed by atoms with Gasteiger partial charge in [0.05, 0.1) is 16.7 Å². The van der Waals surface area contributed by atoms with E-state index in [0.717, 1.165) is 12.1 Å². The molecule has 18 heavy (non-hydrogen) atoms. The highest BCUT2D eigenvalue weighted by Gasteiger charge is 2.12. The van der Waals surface area contributed by atoms with E-state index in [4.69, 9.17) is 0 Å². The van der Waals surface area contributed by atoms with Gasteiger partial charge in [0.25, 0.3) is 0 Å². The van der Waals surface area contributed by atoms with Gasteiger partial charge >= 0.3 is 0 Å². The van der Waals surface area contributed by atoms with E-state index < -0.39 is 11.6 Å². The van der Waals surface area contributed by atoms with Crippen molar-refractivity contribution in [2.45, 2.75) is 13.8 Å². The van der Waals surface area contributed by atoms with Gasteiger partial charge in [0.1, 0.15) is 11.6 Å². The first-order valence-corrected chi connectivity index (χ1v) is 6.45. The summed E-state index contributed by atoms with van der Waals surface area (Å²) in [6.07, 6.45) is 0. The molecule has 1 N–H and O–H groups in total. The second-order valence-corrected chi connectivity index (χ2v) is 4.52. The molecule has 0 radical (unpaired) electrons. The number of likely N-dealkylation sites (N-methyl/N-ethyl adjacent to an activating group) is 1. The Morgan fingerprint density at radius 2 is 1.89 bits per heavy atom. The van der Waals surface area contributed by atoms with Crippen molar-refractivity contribution in [1.29, 1.82) is 0 Å². The number of benzene rings is 1. The van der Waals surface area contributed by atoms with Gasteiger partial charge in [-0.3, -0.25) is 4.79 Å². The van der Waals surface area contributed by atoms with Crippen molar-refractivity contribution in [2.75, 3.05) is 25.0 Å². The summed E-state index contributed by atoms with van der Waals surface area (Å²) in [5.41, 5.74) is -0.0174. The van der Waals surface area contributed by atoms with Crippen molar-refractivity contribution >= 4 is 27.5 Å². The van der Waals surface area contributed by atoms with E-state index >= 15 is 0 Å². The zero-order valence-corrected chi connectivity index (χ0v) is 11.9. The number of nitrogens with one attached hydrogen (secondary N) is 1. The highest BCUT2D eigenvalue weighted by molar-refractivity contribution is 9.10. The van der Waals surface area contributed by atoms with Crippen LogP contribution in [0.25, 0.3) is 0 Å². The Bertz CT molecular complexity index is 436. The number of nitrogens with zero attached hydrogens (tertiary/aromatic N) is 1. The lowest BCUT2D eigenvalue weighted by atomic mass is 10.3. The maximum absolute atomic E-state index is 13.5. The Hall–Kier alpha value is -1.17. The predicted molar refractivity (Wildman–Crippen MR) is 70.5 cm³/mol. The topological polar surface area (TPSA) is 32.3 Å². The van der Waals surface area contributed by atoms with Crippen LogP contribution in [0.3, 0.4) is 0 Å². The molecule has 0 saturated carbocycles. The summed E-state index contributed by atoms with van der Waals surface area (Å²) in [7, 11) is 0. The zero-order chi connectivity index (χ0) is 13.7. The van der Waals surface area contributed by atoms with E-state index in [1.165, 1.54) is 0 Å². The molecule has 0 aromatic heterocycles. The normalized spacial score (nSPS) is 10.3. The molecule has 0 bridgehead atoms. The fourth-order valence-electron chi connectivity index (χ4n) is 1.52. The molecule has 0 atom stereocenters. The average molecular weight is 321 g/mol. The maximum Gasteiger partial charge on any atom is 0.241 e. The first-order valence-electron chi connectivity index (χ1n) is 5.65. The summed E-state index contributed by atoms with van der Waals surface area (Å²) in [6, 6.07) is 2.05. The van der Waals surface area contributed by atoms with E-state index in [1.807, 2.05) is 13.8 Å². The summed E-state index contributed by atoms with van der Waals surface area (Å²) in [5, 5.41) is 2.60. The SMILES string of the molecule is CCN(CC)C(=O)CNc1cc(F)c(Br)cc1F. The van der Waals surface area contributed by atoms with Gasteiger partial charge in [0.2, 0.25) is 5.91 Å². The van der Waals surface area contributed by atoms with Crippen molar-refractivity contribution in [3.63, 3.8) is 0 Å². The lowest BCUT2D eigenvalue weighted by Crippen LogP contribution is -2.35. The third-order valence-electron chi connectivity index (χ3n) is 2.56. The van der Waals surface area contributed by atoms with E-state index in [0.29, 0.717) is 13.1 Å². The molecule has 0 spiro atoms. The molecule has 0 aliphatic heterocycles. The third kappa shape index (κ3) is 3.66. The predicted octanol–water partition coefficient (Wildman–Crippen LogP) is 3.01. The smallest absolute Gasteiger partial charge is 0.241 e. The number of hydrogen-bond donors (Lipinski definition) is 1. The van der Waals surface area contributed by atoms with Gasteiger partial charge in [-0.05, 0) is 35.8 Å². The molecule has 6 heteroatoms. The molecule has 3 nitrogen and oxygen atoms in total. The first-order chi connectivity index (χ1) is 8.49. The molecular formula is C12H15BrF2N2O. The molecule has 0 heterocycles. The largest absolute Gasteiger partial charge is 0.374 e. The summed E-state index contributed by atoms with van der Waals surface area (Å²) in [4.78, 5) is 13.3. The fraction of sp³-hybridized carbons (Fsp3) is 0.417. The number of hydrogen-bond acceptors (Lipinski definition) is 2. The van der Waals surface area contributed by atoms with Crippen molar-refractivity contribution in [3.8, 4) is 0 Å². The lowest BCUT2D eigenvalue weighted by molar-refractivity contribution is -0.128. The average Bonchev–Trinajstić information content (AvgIpc) is 2.33. The van der Waals surface area contributed by atoms with Crippen LogP contribution in [0, 0.1) is 11.6 Å². The molecule has 0 fully saturated rings. The molecule has 0 aliphatic carbocycles. The standard InChI is InChI=1S/C12H15BrF2N2O/c1-3-17(4-2)12(18)7-16-11-6-9(14)8(13)5-10(11)15/h5-6,16H,3-4,7H2,1-2H3. The Morgan fingerprint density at radius 1 is 1.28 bits per heavy atom. The van der Waals surface area contributed by atoms with Gasteiger partial charge < -0.3 is 10.2 Å². The van der Waals surface area contributed by atoms with E-state index in [2.05, 4.69) is 21.2 Å². The molecular weight excluding hydrogens is 306 g/mol. The van der Waals surface area contributed by atoms with Crippen molar-refractivity contribution in [3.05, 3.63) is 28.2 Å². The van der Waals surface area contributed by atoms with Crippen molar-refractivity contribution < 1.29 is 13.6 Å². The lowest BCUT2D eigenvalue weighted by Gasteiger charge is -2.19. The molecule has 1 aromatic rings. The number of anilines is 1. The summed E-state index contributed by atoms with van der Waals surface area (Å²) >= 11 is 2.89. The van der Waals surface area contributed by atoms with Crippen LogP contribution in [-0.2, 0) is 4.79 Å². The second kappa shape index (κ2) is 6.68. The number of carbonyl (C=O) groups is 1. The molecule has 100 valence electrons. The summed E-state index contributed by atoms with van der Waals surface area (Å²) < 4.78 is 26.7. The Labute approximate surface area is 113 Å². The third-order valence-corrected chi connectivity index (χ3v) is 3.16. The Balaban J connectivity index is 2.69. The minimum Gasteiger partial charge on any atom is -0.374 e. The molecule has 0 saturated heterocycles. The zero-order valence-electron chi connectivity index (χ0n) is 10.3. The molecule has 0 aliphatic rings. The van der Waals surface area contributed by atoms with Gasteiger partial charge in [-0.25, -0.2) is 8.78 Å². The van der Waals surface area contributed by atoms with E-state index in [9.17, 15) is 13.6 Å². The molecule has 1 aromatic carbocycles. The number of halogens is 3. The minimum absolute atomic E-state index is 0.0174. The van der Waals surface area contributed by atoms with Crippen LogP contribution < -0.4 is 5.32 Å². The van der Waals surface area contributed by atoms with Crippen LogP contribution in [-0.4, -0.2) is 30.4 Å². The van der Waals surface area contributed by atoms with Gasteiger partial charge in [-0.15, -0.1) is 0 Å². The van der Waals surface area contributed by atoms with Gasteiger partial charge in [-0.2, -0.15) is 0 Å². The van der Waals surface area contributed by atoms with Crippen LogP contribution in [0.5, 0.6) is 0 Å². The van der Waals surface area contributed by atoms with E-state index in [1.54, 1.807) is 4.90 Å². The van der Waals surface area contributed by atoms with Crippen LogP contribution >= 0.6 is 15.9 Å². The van der Waals surface area contributed by atoms with Crippen LogP contribution in [0.1, 0.15) is 13.8 Å². The Morgan fingerprint density at radius 3 is 2.44 bits per heavy atom. The van der Waals surface area contributed by atoms with Gasteiger partial charge in [0, 0.05) is 19.2 Å². The van der Waals surface area contributed by atoms with Crippen molar-refractivity contribution in [2.24, 2.45) is 0 Å². The quantitative estimate of drug-likeness (QED) is 0.846. The van der Waals surface area contributed by atoms with Crippen LogP contribution in [0.2, 0.25) is 0 Å². The first kappa shape index (κ1) is 14.9. The van der Waals surface area contributed by atoms with Gasteiger partial charge in [-0.1, -0.05) is 0 Å². The summed E-state index contributed by atoms with van der Waals surface area (Å²) in [5.74, 6) is -1.33.